The molecule has 0 aromatic heterocycles. The number of nitrogens with one attached hydrogen (secondary N) is 1. The van der Waals surface area contributed by atoms with Gasteiger partial charge in [0.25, 0.3) is 5.91 Å². The Morgan fingerprint density at radius 2 is 2.18 bits per heavy atom. The zero-order chi connectivity index (χ0) is 15.7. The van der Waals surface area contributed by atoms with Crippen LogP contribution in [0.3, 0.4) is 0 Å². The standard InChI is InChI=1S/C17H21Cl2NO2/c1-10(14-7-11-2-3-12(14)6-11)20-17(21)9-22-16-8-13(18)4-5-15(16)19/h4-5,8,10-12,14H,2-3,6-7,9H2,1H3,(H,20,21)/t10-,11-,12-,14-/m0/s1. The van der Waals surface area contributed by atoms with Crippen molar-refractivity contribution in [3.63, 3.8) is 0 Å². The Morgan fingerprint density at radius 1 is 1.36 bits per heavy atom. The number of rotatable bonds is 5. The number of hydrogen-bond donors (Lipinski definition) is 1. The third-order valence-electron chi connectivity index (χ3n) is 5.08. The van der Waals surface area contributed by atoms with Crippen molar-refractivity contribution in [1.29, 1.82) is 0 Å². The fourth-order valence-electron chi connectivity index (χ4n) is 4.04. The van der Waals surface area contributed by atoms with Gasteiger partial charge in [-0.25, -0.2) is 0 Å². The molecule has 1 N–H and O–H groups in total. The Balaban J connectivity index is 1.49. The molecule has 3 nitrogen and oxygen atoms in total. The van der Waals surface area contributed by atoms with Crippen LogP contribution in [0.5, 0.6) is 5.75 Å². The molecular weight excluding hydrogens is 321 g/mol. The van der Waals surface area contributed by atoms with Crippen LogP contribution in [0.25, 0.3) is 0 Å². The number of carbonyl (C=O) groups excluding carboxylic acids is 1. The van der Waals surface area contributed by atoms with Gasteiger partial charge in [-0.05, 0) is 56.1 Å². The zero-order valence-corrected chi connectivity index (χ0v) is 14.2. The number of ether oxygens (including phenoxy) is 1. The number of amides is 1. The predicted molar refractivity (Wildman–Crippen MR) is 88.5 cm³/mol. The lowest BCUT2D eigenvalue weighted by Gasteiger charge is -2.28. The molecule has 0 unspecified atom stereocenters. The van der Waals surface area contributed by atoms with Crippen LogP contribution in [0.1, 0.15) is 32.6 Å². The van der Waals surface area contributed by atoms with E-state index < -0.39 is 0 Å². The quantitative estimate of drug-likeness (QED) is 0.866. The molecule has 0 aliphatic heterocycles. The van der Waals surface area contributed by atoms with Crippen molar-refractivity contribution in [3.05, 3.63) is 28.2 Å². The maximum absolute atomic E-state index is 12.1. The third kappa shape index (κ3) is 3.52. The summed E-state index contributed by atoms with van der Waals surface area (Å²) < 4.78 is 5.48. The van der Waals surface area contributed by atoms with Gasteiger partial charge in [-0.2, -0.15) is 0 Å². The second kappa shape index (κ2) is 6.67. The van der Waals surface area contributed by atoms with E-state index in [0.717, 1.165) is 11.8 Å². The number of carbonyl (C=O) groups is 1. The summed E-state index contributed by atoms with van der Waals surface area (Å²) in [6.45, 7) is 2.07. The Bertz CT molecular complexity index is 564. The van der Waals surface area contributed by atoms with E-state index in [1.807, 2.05) is 0 Å². The van der Waals surface area contributed by atoms with Gasteiger partial charge in [-0.15, -0.1) is 0 Å². The molecule has 2 saturated carbocycles. The van der Waals surface area contributed by atoms with Gasteiger partial charge in [0.05, 0.1) is 5.02 Å². The monoisotopic (exact) mass is 341 g/mol. The molecule has 3 rings (SSSR count). The summed E-state index contributed by atoms with van der Waals surface area (Å²) in [6, 6.07) is 5.18. The van der Waals surface area contributed by atoms with Crippen molar-refractivity contribution in [2.75, 3.05) is 6.61 Å². The minimum Gasteiger partial charge on any atom is -0.482 e. The maximum atomic E-state index is 12.1. The van der Waals surface area contributed by atoms with Crippen molar-refractivity contribution in [3.8, 4) is 5.75 Å². The van der Waals surface area contributed by atoms with Crippen molar-refractivity contribution in [2.45, 2.75) is 38.6 Å². The fraction of sp³-hybridized carbons (Fsp3) is 0.588. The van der Waals surface area contributed by atoms with Crippen LogP contribution in [-0.2, 0) is 4.79 Å². The minimum absolute atomic E-state index is 0.0365. The number of hydrogen-bond acceptors (Lipinski definition) is 2. The third-order valence-corrected chi connectivity index (χ3v) is 5.62. The van der Waals surface area contributed by atoms with Gasteiger partial charge in [-0.1, -0.05) is 29.6 Å². The Kier molecular flexibility index (Phi) is 4.84. The lowest BCUT2D eigenvalue weighted by atomic mass is 9.84. The first-order chi connectivity index (χ1) is 10.5. The van der Waals surface area contributed by atoms with Crippen LogP contribution >= 0.6 is 23.2 Å². The smallest absolute Gasteiger partial charge is 0.258 e. The summed E-state index contributed by atoms with van der Waals surface area (Å²) in [6.07, 6.45) is 5.30. The van der Waals surface area contributed by atoms with E-state index >= 15 is 0 Å². The van der Waals surface area contributed by atoms with Crippen LogP contribution in [0.4, 0.5) is 0 Å². The van der Waals surface area contributed by atoms with Crippen molar-refractivity contribution < 1.29 is 9.53 Å². The highest BCUT2D eigenvalue weighted by molar-refractivity contribution is 6.34. The second-order valence-corrected chi connectivity index (χ2v) is 7.40. The topological polar surface area (TPSA) is 38.3 Å². The summed E-state index contributed by atoms with van der Waals surface area (Å²) in [5.74, 6) is 2.64. The molecule has 2 bridgehead atoms. The van der Waals surface area contributed by atoms with E-state index in [9.17, 15) is 4.79 Å². The molecule has 0 saturated heterocycles. The number of fused-ring (bicyclic) bond motifs is 2. The molecule has 5 heteroatoms. The fourth-order valence-corrected chi connectivity index (χ4v) is 4.37. The first kappa shape index (κ1) is 15.9. The molecule has 0 heterocycles. The van der Waals surface area contributed by atoms with Crippen LogP contribution in [0, 0.1) is 17.8 Å². The van der Waals surface area contributed by atoms with Gasteiger partial charge in [0.1, 0.15) is 5.75 Å². The minimum atomic E-state index is -0.105. The molecule has 2 aliphatic carbocycles. The zero-order valence-electron chi connectivity index (χ0n) is 12.6. The molecule has 120 valence electrons. The predicted octanol–water partition coefficient (Wildman–Crippen LogP) is 4.31. The molecule has 0 spiro atoms. The Morgan fingerprint density at radius 3 is 2.86 bits per heavy atom. The first-order valence-electron chi connectivity index (χ1n) is 7.90. The van der Waals surface area contributed by atoms with Crippen molar-refractivity contribution in [1.82, 2.24) is 5.32 Å². The average Bonchev–Trinajstić information content (AvgIpc) is 3.11. The Labute approximate surface area is 141 Å². The van der Waals surface area contributed by atoms with E-state index in [-0.39, 0.29) is 18.6 Å². The largest absolute Gasteiger partial charge is 0.482 e. The van der Waals surface area contributed by atoms with E-state index in [2.05, 4.69) is 12.2 Å². The highest BCUT2D eigenvalue weighted by atomic mass is 35.5. The first-order valence-corrected chi connectivity index (χ1v) is 8.65. The van der Waals surface area contributed by atoms with Crippen LogP contribution in [0.2, 0.25) is 10.0 Å². The molecule has 22 heavy (non-hydrogen) atoms. The normalized spacial score (nSPS) is 27.7. The molecule has 0 radical (unpaired) electrons. The van der Waals surface area contributed by atoms with Crippen LogP contribution in [0.15, 0.2) is 18.2 Å². The van der Waals surface area contributed by atoms with Gasteiger partial charge in [0.2, 0.25) is 0 Å². The van der Waals surface area contributed by atoms with Gasteiger partial charge >= 0.3 is 0 Å². The van der Waals surface area contributed by atoms with Gasteiger partial charge in [-0.3, -0.25) is 4.79 Å². The van der Waals surface area contributed by atoms with Gasteiger partial charge in [0.15, 0.2) is 6.61 Å². The van der Waals surface area contributed by atoms with E-state index in [4.69, 9.17) is 27.9 Å². The SMILES string of the molecule is C[C@H](NC(=O)COc1cc(Cl)ccc1Cl)[C@@H]1C[C@H]2CC[C@H]1C2. The molecule has 1 aromatic rings. The second-order valence-electron chi connectivity index (χ2n) is 6.56. The summed E-state index contributed by atoms with van der Waals surface area (Å²) in [5.41, 5.74) is 0. The maximum Gasteiger partial charge on any atom is 0.258 e. The lowest BCUT2D eigenvalue weighted by molar-refractivity contribution is -0.124. The molecule has 2 aliphatic rings. The van der Waals surface area contributed by atoms with E-state index in [0.29, 0.717) is 21.7 Å². The van der Waals surface area contributed by atoms with Crippen LogP contribution in [-0.4, -0.2) is 18.6 Å². The molecule has 1 amide bonds. The summed E-state index contributed by atoms with van der Waals surface area (Å²) in [4.78, 5) is 12.1. The molecule has 2 fully saturated rings. The van der Waals surface area contributed by atoms with Crippen LogP contribution < -0.4 is 10.1 Å². The number of halogens is 2. The summed E-state index contributed by atoms with van der Waals surface area (Å²) in [5, 5.41) is 4.06. The Hall–Kier alpha value is -0.930. The number of benzene rings is 1. The average molecular weight is 342 g/mol. The van der Waals surface area contributed by atoms with E-state index in [1.54, 1.807) is 18.2 Å². The molecule has 1 aromatic carbocycles. The van der Waals surface area contributed by atoms with Gasteiger partial charge < -0.3 is 10.1 Å². The van der Waals surface area contributed by atoms with Gasteiger partial charge in [0, 0.05) is 17.1 Å². The molecular formula is C17H21Cl2NO2. The molecule has 4 atom stereocenters. The lowest BCUT2D eigenvalue weighted by Crippen LogP contribution is -2.42. The highest BCUT2D eigenvalue weighted by Gasteiger charge is 2.42. The van der Waals surface area contributed by atoms with E-state index in [1.165, 1.54) is 25.7 Å². The summed E-state index contributed by atoms with van der Waals surface area (Å²) >= 11 is 11.9. The summed E-state index contributed by atoms with van der Waals surface area (Å²) in [7, 11) is 0. The highest BCUT2D eigenvalue weighted by Crippen LogP contribution is 2.49. The van der Waals surface area contributed by atoms with Crippen molar-refractivity contribution >= 4 is 29.1 Å². The van der Waals surface area contributed by atoms with Crippen molar-refractivity contribution in [2.24, 2.45) is 17.8 Å².